The Morgan fingerprint density at radius 3 is 2.57 bits per heavy atom. The van der Waals surface area contributed by atoms with Gasteiger partial charge in [0, 0.05) is 24.7 Å². The number of nitrogens with one attached hydrogen (secondary N) is 1. The molecule has 3 rings (SSSR count). The number of alkyl halides is 1. The van der Waals surface area contributed by atoms with Crippen molar-refractivity contribution in [1.82, 2.24) is 10.2 Å². The lowest BCUT2D eigenvalue weighted by Gasteiger charge is -2.37. The predicted octanol–water partition coefficient (Wildman–Crippen LogP) is 4.02. The average molecular weight is 420 g/mol. The number of amides is 1. The normalized spacial score (nSPS) is 19.0. The summed E-state index contributed by atoms with van der Waals surface area (Å²) in [6.45, 7) is 4.46. The van der Waals surface area contributed by atoms with E-state index < -0.39 is 23.8 Å². The number of carbonyl (C=O) groups is 1. The van der Waals surface area contributed by atoms with Crippen LogP contribution in [0.2, 0.25) is 0 Å². The molecule has 1 aliphatic rings. The van der Waals surface area contributed by atoms with Crippen molar-refractivity contribution in [2.45, 2.75) is 51.6 Å². The van der Waals surface area contributed by atoms with Gasteiger partial charge in [-0.1, -0.05) is 18.2 Å². The van der Waals surface area contributed by atoms with Gasteiger partial charge in [-0.3, -0.25) is 4.79 Å². The molecule has 1 aliphatic heterocycles. The Labute approximate surface area is 175 Å². The van der Waals surface area contributed by atoms with E-state index in [4.69, 9.17) is 4.74 Å². The molecule has 0 aliphatic carbocycles. The molecule has 0 radical (unpaired) electrons. The second-order valence-corrected chi connectivity index (χ2v) is 7.82. The SMILES string of the molecule is CC(C)Oc1ccc(CC(=O)N(Cc2ccc(F)cc2F)[C@H]2CCNC[C@H]2F)cc1. The van der Waals surface area contributed by atoms with Crippen LogP contribution >= 0.6 is 0 Å². The molecule has 2 atom stereocenters. The van der Waals surface area contributed by atoms with E-state index in [-0.39, 0.29) is 37.1 Å². The molecule has 30 heavy (non-hydrogen) atoms. The zero-order chi connectivity index (χ0) is 21.7. The van der Waals surface area contributed by atoms with Crippen LogP contribution in [0.4, 0.5) is 13.2 Å². The monoisotopic (exact) mass is 420 g/mol. The third-order valence-corrected chi connectivity index (χ3v) is 5.10. The fourth-order valence-corrected chi connectivity index (χ4v) is 3.62. The Balaban J connectivity index is 1.79. The summed E-state index contributed by atoms with van der Waals surface area (Å²) in [7, 11) is 0. The number of hydrogen-bond donors (Lipinski definition) is 1. The number of ether oxygens (including phenoxy) is 1. The summed E-state index contributed by atoms with van der Waals surface area (Å²) >= 11 is 0. The molecular weight excluding hydrogens is 393 g/mol. The molecule has 0 aromatic heterocycles. The Kier molecular flexibility index (Phi) is 7.37. The van der Waals surface area contributed by atoms with Gasteiger partial charge in [-0.2, -0.15) is 0 Å². The smallest absolute Gasteiger partial charge is 0.227 e. The van der Waals surface area contributed by atoms with Gasteiger partial charge in [-0.05, 0) is 50.6 Å². The van der Waals surface area contributed by atoms with Gasteiger partial charge in [0.15, 0.2) is 0 Å². The fraction of sp³-hybridized carbons (Fsp3) is 0.435. The number of hydrogen-bond acceptors (Lipinski definition) is 3. The Morgan fingerprint density at radius 2 is 1.93 bits per heavy atom. The Bertz CT molecular complexity index is 858. The van der Waals surface area contributed by atoms with Gasteiger partial charge in [0.05, 0.1) is 18.6 Å². The van der Waals surface area contributed by atoms with Gasteiger partial charge in [0.2, 0.25) is 5.91 Å². The van der Waals surface area contributed by atoms with Crippen LogP contribution < -0.4 is 10.1 Å². The summed E-state index contributed by atoms with van der Waals surface area (Å²) in [6, 6.07) is 9.72. The molecule has 7 heteroatoms. The van der Waals surface area contributed by atoms with E-state index in [2.05, 4.69) is 5.32 Å². The molecule has 2 aromatic carbocycles. The molecule has 1 heterocycles. The van der Waals surface area contributed by atoms with Gasteiger partial charge in [-0.15, -0.1) is 0 Å². The maximum atomic E-state index is 14.6. The maximum Gasteiger partial charge on any atom is 0.227 e. The number of nitrogens with zero attached hydrogens (tertiary/aromatic N) is 1. The molecule has 4 nitrogen and oxygen atoms in total. The van der Waals surface area contributed by atoms with Crippen molar-refractivity contribution in [3.63, 3.8) is 0 Å². The molecule has 0 spiro atoms. The van der Waals surface area contributed by atoms with E-state index in [1.165, 1.54) is 11.0 Å². The number of benzene rings is 2. The van der Waals surface area contributed by atoms with Crippen molar-refractivity contribution in [3.8, 4) is 5.75 Å². The molecule has 0 bridgehead atoms. The van der Waals surface area contributed by atoms with Crippen LogP contribution in [0.15, 0.2) is 42.5 Å². The molecule has 0 saturated carbocycles. The zero-order valence-corrected chi connectivity index (χ0v) is 17.2. The van der Waals surface area contributed by atoms with E-state index in [9.17, 15) is 18.0 Å². The second-order valence-electron chi connectivity index (χ2n) is 7.82. The van der Waals surface area contributed by atoms with Crippen molar-refractivity contribution in [3.05, 3.63) is 65.2 Å². The van der Waals surface area contributed by atoms with Gasteiger partial charge < -0.3 is 15.0 Å². The van der Waals surface area contributed by atoms with Crippen LogP contribution in [-0.4, -0.2) is 42.2 Å². The molecule has 162 valence electrons. The number of piperidine rings is 1. The summed E-state index contributed by atoms with van der Waals surface area (Å²) in [6.07, 6.45) is -0.730. The zero-order valence-electron chi connectivity index (χ0n) is 17.2. The van der Waals surface area contributed by atoms with E-state index >= 15 is 0 Å². The summed E-state index contributed by atoms with van der Waals surface area (Å²) in [5.41, 5.74) is 0.918. The highest BCUT2D eigenvalue weighted by atomic mass is 19.1. The average Bonchev–Trinajstić information content (AvgIpc) is 2.69. The van der Waals surface area contributed by atoms with Gasteiger partial charge in [-0.25, -0.2) is 13.2 Å². The van der Waals surface area contributed by atoms with Crippen molar-refractivity contribution in [1.29, 1.82) is 0 Å². The molecule has 1 amide bonds. The number of halogens is 3. The van der Waals surface area contributed by atoms with Crippen molar-refractivity contribution >= 4 is 5.91 Å². The van der Waals surface area contributed by atoms with Gasteiger partial charge >= 0.3 is 0 Å². The first-order chi connectivity index (χ1) is 14.3. The standard InChI is InChI=1S/C23H27F3N2O2/c1-15(2)30-19-7-3-16(4-8-19)11-23(29)28(22-9-10-27-13-21(22)26)14-17-5-6-18(24)12-20(17)25/h3-8,12,15,21-22,27H,9-11,13-14H2,1-2H3/t21-,22+/m1/s1. The lowest BCUT2D eigenvalue weighted by molar-refractivity contribution is -0.135. The van der Waals surface area contributed by atoms with E-state index in [1.54, 1.807) is 24.3 Å². The fourth-order valence-electron chi connectivity index (χ4n) is 3.62. The number of rotatable bonds is 7. The largest absolute Gasteiger partial charge is 0.491 e. The van der Waals surface area contributed by atoms with Crippen LogP contribution in [0.3, 0.4) is 0 Å². The van der Waals surface area contributed by atoms with Crippen LogP contribution in [0.1, 0.15) is 31.4 Å². The lowest BCUT2D eigenvalue weighted by atomic mass is 10.00. The molecular formula is C23H27F3N2O2. The molecule has 1 N–H and O–H groups in total. The second kappa shape index (κ2) is 9.98. The quantitative estimate of drug-likeness (QED) is 0.736. The summed E-state index contributed by atoms with van der Waals surface area (Å²) in [4.78, 5) is 14.5. The third kappa shape index (κ3) is 5.75. The third-order valence-electron chi connectivity index (χ3n) is 5.10. The highest BCUT2D eigenvalue weighted by molar-refractivity contribution is 5.79. The highest BCUT2D eigenvalue weighted by Gasteiger charge is 2.33. The summed E-state index contributed by atoms with van der Waals surface area (Å²) < 4.78 is 47.7. The first kappa shape index (κ1) is 22.2. The van der Waals surface area contributed by atoms with Crippen LogP contribution in [0.5, 0.6) is 5.75 Å². The van der Waals surface area contributed by atoms with E-state index in [0.29, 0.717) is 18.7 Å². The summed E-state index contributed by atoms with van der Waals surface area (Å²) in [5, 5.41) is 2.96. The Hall–Kier alpha value is -2.54. The first-order valence-electron chi connectivity index (χ1n) is 10.2. The van der Waals surface area contributed by atoms with Crippen molar-refractivity contribution < 1.29 is 22.7 Å². The van der Waals surface area contributed by atoms with Gasteiger partial charge in [0.1, 0.15) is 23.6 Å². The first-order valence-corrected chi connectivity index (χ1v) is 10.2. The minimum atomic E-state index is -1.26. The van der Waals surface area contributed by atoms with Crippen LogP contribution in [-0.2, 0) is 17.8 Å². The van der Waals surface area contributed by atoms with Crippen molar-refractivity contribution in [2.24, 2.45) is 0 Å². The lowest BCUT2D eigenvalue weighted by Crippen LogP contribution is -2.53. The van der Waals surface area contributed by atoms with Crippen molar-refractivity contribution in [2.75, 3.05) is 13.1 Å². The van der Waals surface area contributed by atoms with Crippen LogP contribution in [0.25, 0.3) is 0 Å². The topological polar surface area (TPSA) is 41.6 Å². The molecule has 2 aromatic rings. The van der Waals surface area contributed by atoms with Crippen LogP contribution in [0, 0.1) is 11.6 Å². The maximum absolute atomic E-state index is 14.6. The molecule has 1 saturated heterocycles. The Morgan fingerprint density at radius 1 is 1.20 bits per heavy atom. The highest BCUT2D eigenvalue weighted by Crippen LogP contribution is 2.22. The predicted molar refractivity (Wildman–Crippen MR) is 109 cm³/mol. The minimum absolute atomic E-state index is 0.0416. The molecule has 1 fully saturated rings. The number of carbonyl (C=O) groups excluding carboxylic acids is 1. The minimum Gasteiger partial charge on any atom is -0.491 e. The molecule has 0 unspecified atom stereocenters. The summed E-state index contributed by atoms with van der Waals surface area (Å²) in [5.74, 6) is -1.03. The van der Waals surface area contributed by atoms with Gasteiger partial charge in [0.25, 0.3) is 0 Å². The van der Waals surface area contributed by atoms with E-state index in [1.807, 2.05) is 13.8 Å². The van der Waals surface area contributed by atoms with E-state index in [0.717, 1.165) is 17.7 Å².